The number of amides is 7. The van der Waals surface area contributed by atoms with Crippen molar-refractivity contribution in [2.45, 2.75) is 187 Å². The third-order valence-corrected chi connectivity index (χ3v) is 15.6. The number of aliphatic hydroxyl groups excluding tert-OH is 1. The summed E-state index contributed by atoms with van der Waals surface area (Å²) in [5, 5.41) is 22.6. The highest BCUT2D eigenvalue weighted by molar-refractivity contribution is 7.13. The summed E-state index contributed by atoms with van der Waals surface area (Å²) < 4.78 is 11.9. The van der Waals surface area contributed by atoms with Crippen LogP contribution >= 0.6 is 11.3 Å². The van der Waals surface area contributed by atoms with Crippen molar-refractivity contribution in [1.29, 1.82) is 0 Å². The number of anilines is 1. The maximum absolute atomic E-state index is 14.3. The highest BCUT2D eigenvalue weighted by atomic mass is 32.1. The molecule has 7 rings (SSSR count). The third-order valence-electron chi connectivity index (χ3n) is 14.6. The van der Waals surface area contributed by atoms with Crippen LogP contribution in [0.4, 0.5) is 10.5 Å². The van der Waals surface area contributed by atoms with Gasteiger partial charge in [0.05, 0.1) is 40.0 Å². The molecule has 0 radical (unpaired) electrons. The largest absolute Gasteiger partial charge is 0.489 e. The second-order valence-corrected chi connectivity index (χ2v) is 24.0. The average molecular weight is 1090 g/mol. The van der Waals surface area contributed by atoms with Gasteiger partial charge in [0.15, 0.2) is 0 Å². The van der Waals surface area contributed by atoms with Crippen LogP contribution in [0.2, 0.25) is 0 Å². The number of ether oxygens (including phenoxy) is 2. The lowest BCUT2D eigenvalue weighted by atomic mass is 9.85. The molecule has 0 unspecified atom stereocenters. The number of aromatic nitrogens is 1. The van der Waals surface area contributed by atoms with Crippen LogP contribution in [0.3, 0.4) is 0 Å². The number of nitrogens with two attached hydrogens (primary N) is 1. The minimum atomic E-state index is -0.936. The maximum Gasteiger partial charge on any atom is 0.408 e. The molecule has 4 heterocycles. The Kier molecular flexibility index (Phi) is 19.1. The van der Waals surface area contributed by atoms with Crippen LogP contribution in [0.25, 0.3) is 10.4 Å². The number of thiazole rings is 1. The van der Waals surface area contributed by atoms with Crippen LogP contribution in [-0.4, -0.2) is 111 Å². The number of hydrogen-bond acceptors (Lipinski definition) is 12. The summed E-state index contributed by atoms with van der Waals surface area (Å²) in [6.07, 6.45) is 2.05. The smallest absolute Gasteiger partial charge is 0.408 e. The number of alkyl carbamates (subject to hydrolysis) is 1. The summed E-state index contributed by atoms with van der Waals surface area (Å²) in [6.45, 7) is 16.4. The lowest BCUT2D eigenvalue weighted by Crippen LogP contribution is -2.57. The number of aliphatic hydroxyl groups is 1. The number of benzene rings is 3. The van der Waals surface area contributed by atoms with Gasteiger partial charge in [-0.05, 0) is 125 Å². The van der Waals surface area contributed by atoms with Gasteiger partial charge in [0.1, 0.15) is 41.6 Å². The van der Waals surface area contributed by atoms with Crippen molar-refractivity contribution < 1.29 is 48.1 Å². The quantitative estimate of drug-likeness (QED) is 0.0468. The first-order valence-electron chi connectivity index (χ1n) is 27.2. The summed E-state index contributed by atoms with van der Waals surface area (Å²) >= 11 is 1.57. The zero-order valence-corrected chi connectivity index (χ0v) is 47.3. The highest BCUT2D eigenvalue weighted by Crippen LogP contribution is 2.39. The van der Waals surface area contributed by atoms with Crippen molar-refractivity contribution in [3.05, 3.63) is 100 Å². The highest BCUT2D eigenvalue weighted by Gasteiger charge is 2.46. The number of nitrogens with one attached hydrogen (secondary N) is 4. The van der Waals surface area contributed by atoms with Crippen molar-refractivity contribution in [3.63, 3.8) is 0 Å². The summed E-state index contributed by atoms with van der Waals surface area (Å²) in [5.74, 6) is -1.89. The number of carbonyl (C=O) groups excluding carboxylic acids is 7. The van der Waals surface area contributed by atoms with Crippen LogP contribution in [0, 0.1) is 12.3 Å². The number of rotatable bonds is 21. The van der Waals surface area contributed by atoms with Gasteiger partial charge in [0.25, 0.3) is 0 Å². The van der Waals surface area contributed by atoms with E-state index in [2.05, 4.69) is 26.3 Å². The molecule has 8 atom stereocenters. The van der Waals surface area contributed by atoms with Gasteiger partial charge in [-0.25, -0.2) is 9.78 Å². The number of unbranched alkanes of at least 4 members (excludes halogenated alkanes) is 2. The number of carbonyl (C=O) groups is 7. The van der Waals surface area contributed by atoms with Crippen molar-refractivity contribution in [2.75, 3.05) is 11.4 Å². The molecule has 18 nitrogen and oxygen atoms in total. The Morgan fingerprint density at radius 2 is 1.58 bits per heavy atom. The summed E-state index contributed by atoms with van der Waals surface area (Å²) in [4.78, 5) is 103. The normalized spacial score (nSPS) is 19.6. The zero-order valence-electron chi connectivity index (χ0n) is 46.5. The van der Waals surface area contributed by atoms with E-state index < -0.39 is 83.2 Å². The fourth-order valence-electron chi connectivity index (χ4n) is 10.5. The van der Waals surface area contributed by atoms with Gasteiger partial charge in [0, 0.05) is 32.2 Å². The van der Waals surface area contributed by atoms with Gasteiger partial charge in [0.2, 0.25) is 35.4 Å². The van der Waals surface area contributed by atoms with E-state index in [1.54, 1.807) is 39.0 Å². The average Bonchev–Trinajstić information content (AvgIpc) is 4.19. The second-order valence-electron chi connectivity index (χ2n) is 23.1. The Morgan fingerprint density at radius 1 is 0.872 bits per heavy atom. The van der Waals surface area contributed by atoms with Crippen LogP contribution in [0.1, 0.15) is 141 Å². The van der Waals surface area contributed by atoms with Gasteiger partial charge < -0.3 is 46.5 Å². The Balaban J connectivity index is 0.900. The molecule has 7 amide bonds. The van der Waals surface area contributed by atoms with Crippen LogP contribution in [0.5, 0.6) is 5.75 Å². The second kappa shape index (κ2) is 25.3. The Hall–Kier alpha value is -6.86. The van der Waals surface area contributed by atoms with E-state index >= 15 is 0 Å². The number of primary amides is 1. The molecule has 3 aromatic carbocycles. The minimum absolute atomic E-state index is 0.0171. The van der Waals surface area contributed by atoms with Crippen LogP contribution < -0.4 is 36.6 Å². The van der Waals surface area contributed by atoms with Gasteiger partial charge in [-0.3, -0.25) is 33.7 Å². The first-order valence-corrected chi connectivity index (χ1v) is 28.1. The fourth-order valence-corrected chi connectivity index (χ4v) is 11.3. The molecule has 1 saturated heterocycles. The molecule has 0 spiro atoms. The molecule has 0 bridgehead atoms. The zero-order chi connectivity index (χ0) is 56.6. The molecule has 1 aromatic heterocycles. The first-order chi connectivity index (χ1) is 36.9. The number of likely N-dealkylation sites (tertiary alicyclic amines) is 1. The lowest BCUT2D eigenvalue weighted by Gasteiger charge is -2.35. The minimum Gasteiger partial charge on any atom is -0.489 e. The molecular formula is C59H78N8O10S. The number of para-hydroxylation sites is 1. The fraction of sp³-hybridized carbons (Fsp3) is 0.525. The maximum atomic E-state index is 14.3. The van der Waals surface area contributed by atoms with E-state index in [0.717, 1.165) is 51.2 Å². The molecule has 4 aromatic rings. The van der Waals surface area contributed by atoms with Gasteiger partial charge in [-0.1, -0.05) is 81.8 Å². The van der Waals surface area contributed by atoms with Crippen molar-refractivity contribution in [3.8, 4) is 16.2 Å². The Bertz CT molecular complexity index is 2820. The standard InChI is InChI=1S/C59H78N8O10S/c1-34(38-21-23-40(24-22-38)51-35(2)61-33-78-51)62-53(71)46-31-42(68)32-66(46)56(74)52(58(4,5)6)65-49(70)20-12-10-11-15-37-16-13-19-43(29-37)76-36(3)44(27-28-48(60)69)63-54(72)47-30-41-18-14-17-39-25-26-45(55(73)67(47)50(39)41)64-57(75)77-59(7,8)9/h13-14,16-19,21-24,29,33-34,36,42,44-47,52,68H,10-12,15,20,25-28,30-32H2,1-9H3,(H2,60,69)(H,62,71)(H,63,72)(H,64,75)(H,65,70)/t34-,36+,42+,44-,45-,46-,47-,52+/m0/s1. The van der Waals surface area contributed by atoms with Gasteiger partial charge in [-0.15, -0.1) is 11.3 Å². The lowest BCUT2D eigenvalue weighted by molar-refractivity contribution is -0.144. The van der Waals surface area contributed by atoms with Crippen molar-refractivity contribution >= 4 is 58.6 Å². The van der Waals surface area contributed by atoms with E-state index in [-0.39, 0.29) is 56.5 Å². The predicted molar refractivity (Wildman–Crippen MR) is 298 cm³/mol. The number of aryl methyl sites for hydroxylation is 3. The molecule has 0 aliphatic carbocycles. The number of hydrogen-bond donors (Lipinski definition) is 6. The summed E-state index contributed by atoms with van der Waals surface area (Å²) in [6, 6.07) is 16.5. The van der Waals surface area contributed by atoms with E-state index in [1.807, 2.05) is 107 Å². The van der Waals surface area contributed by atoms with E-state index in [1.165, 1.54) is 9.80 Å². The summed E-state index contributed by atoms with van der Waals surface area (Å²) in [5.41, 5.74) is 12.2. The van der Waals surface area contributed by atoms with Gasteiger partial charge >= 0.3 is 6.09 Å². The monoisotopic (exact) mass is 1090 g/mol. The molecule has 19 heteroatoms. The number of nitrogens with zero attached hydrogens (tertiary/aromatic N) is 3. The van der Waals surface area contributed by atoms with Crippen LogP contribution in [0.15, 0.2) is 72.2 Å². The molecule has 1 fully saturated rings. The van der Waals surface area contributed by atoms with Crippen LogP contribution in [-0.2, 0) is 52.8 Å². The van der Waals surface area contributed by atoms with E-state index in [0.29, 0.717) is 37.1 Å². The molecule has 420 valence electrons. The SMILES string of the molecule is Cc1ncsc1-c1ccc([C@H](C)NC(=O)[C@@H]2C[C@@H](O)CN2C(=O)[C@@H](NC(=O)CCCCCc2cccc(O[C@H](C)[C@H](CCC(N)=O)NC(=O)[C@@H]3Cc4cccc5c4N3C(=O)[C@@H](NC(=O)OC(C)(C)C)CC5)c2)C(C)(C)C)cc1. The molecule has 78 heavy (non-hydrogen) atoms. The molecule has 7 N–H and O–H groups in total. The Labute approximate surface area is 462 Å². The first kappa shape index (κ1) is 58.8. The molecule has 0 saturated carbocycles. The molecular weight excluding hydrogens is 1010 g/mol. The van der Waals surface area contributed by atoms with E-state index in [9.17, 15) is 38.7 Å². The Morgan fingerprint density at radius 3 is 2.26 bits per heavy atom. The number of β-amino-alcohol motifs (C(OH)–C–C–N with tert-alkyl or cyclic N) is 1. The topological polar surface area (TPSA) is 252 Å². The molecule has 3 aliphatic heterocycles. The molecule has 3 aliphatic rings. The van der Waals surface area contributed by atoms with Crippen molar-refractivity contribution in [2.24, 2.45) is 11.1 Å². The summed E-state index contributed by atoms with van der Waals surface area (Å²) in [7, 11) is 0. The van der Waals surface area contributed by atoms with Crippen molar-refractivity contribution in [1.82, 2.24) is 31.2 Å². The predicted octanol–water partition coefficient (Wildman–Crippen LogP) is 6.91. The van der Waals surface area contributed by atoms with E-state index in [4.69, 9.17) is 15.2 Å². The van der Waals surface area contributed by atoms with Gasteiger partial charge in [-0.2, -0.15) is 0 Å². The third kappa shape index (κ3) is 15.0.